The van der Waals surface area contributed by atoms with Crippen LogP contribution in [0, 0.1) is 11.7 Å². The van der Waals surface area contributed by atoms with Gasteiger partial charge in [0, 0.05) is 17.6 Å². The predicted molar refractivity (Wildman–Crippen MR) is 73.0 cm³/mol. The number of piperidine rings is 1. The Morgan fingerprint density at radius 2 is 2.33 bits per heavy atom. The molecular weight excluding hydrogens is 297 g/mol. The monoisotopic (exact) mass is 313 g/mol. The molecule has 18 heavy (non-hydrogen) atoms. The molecule has 1 atom stereocenters. The summed E-state index contributed by atoms with van der Waals surface area (Å²) < 4.78 is 13.5. The molecule has 1 saturated heterocycles. The van der Waals surface area contributed by atoms with Gasteiger partial charge >= 0.3 is 0 Å². The summed E-state index contributed by atoms with van der Waals surface area (Å²) in [5.41, 5.74) is 0.549. The van der Waals surface area contributed by atoms with E-state index in [1.54, 1.807) is 6.07 Å². The van der Waals surface area contributed by atoms with Crippen molar-refractivity contribution in [2.45, 2.75) is 26.2 Å². The summed E-state index contributed by atoms with van der Waals surface area (Å²) in [6.07, 6.45) is 3.36. The lowest BCUT2D eigenvalue weighted by Crippen LogP contribution is -2.39. The number of halogens is 2. The fraction of sp³-hybridized carbons (Fsp3) is 0.500. The molecule has 1 heterocycles. The van der Waals surface area contributed by atoms with Crippen LogP contribution in [0.2, 0.25) is 0 Å². The van der Waals surface area contributed by atoms with Crippen molar-refractivity contribution in [2.75, 3.05) is 13.1 Å². The minimum absolute atomic E-state index is 0.0000231. The highest BCUT2D eigenvalue weighted by Crippen LogP contribution is 2.24. The Labute approximate surface area is 115 Å². The Balaban J connectivity index is 2.15. The van der Waals surface area contributed by atoms with Gasteiger partial charge in [0.15, 0.2) is 0 Å². The molecule has 1 aliphatic rings. The van der Waals surface area contributed by atoms with Crippen molar-refractivity contribution in [1.29, 1.82) is 0 Å². The van der Waals surface area contributed by atoms with Crippen LogP contribution in [0.4, 0.5) is 4.39 Å². The molecule has 0 saturated carbocycles. The Hall–Kier alpha value is -0.900. The maximum absolute atomic E-state index is 13.0. The van der Waals surface area contributed by atoms with Crippen molar-refractivity contribution in [2.24, 2.45) is 5.92 Å². The van der Waals surface area contributed by atoms with E-state index >= 15 is 0 Å². The normalized spacial score (nSPS) is 19.9. The molecule has 1 unspecified atom stereocenters. The Morgan fingerprint density at radius 1 is 1.56 bits per heavy atom. The summed E-state index contributed by atoms with van der Waals surface area (Å²) in [4.78, 5) is 14.3. The highest BCUT2D eigenvalue weighted by Gasteiger charge is 2.24. The molecule has 1 fully saturated rings. The number of carbonyl (C=O) groups excluding carboxylic acids is 1. The van der Waals surface area contributed by atoms with Crippen LogP contribution in [-0.4, -0.2) is 23.9 Å². The second-order valence-electron chi connectivity index (χ2n) is 4.79. The van der Waals surface area contributed by atoms with Crippen LogP contribution in [0.5, 0.6) is 0 Å². The van der Waals surface area contributed by atoms with Crippen LogP contribution in [0.25, 0.3) is 0 Å². The zero-order chi connectivity index (χ0) is 13.1. The second-order valence-corrected chi connectivity index (χ2v) is 5.65. The zero-order valence-corrected chi connectivity index (χ0v) is 12.0. The number of rotatable bonds is 2. The molecule has 0 aromatic heterocycles. The fourth-order valence-corrected chi connectivity index (χ4v) is 2.94. The van der Waals surface area contributed by atoms with E-state index in [-0.39, 0.29) is 11.7 Å². The Kier molecular flexibility index (Phi) is 4.38. The van der Waals surface area contributed by atoms with Crippen molar-refractivity contribution < 1.29 is 9.18 Å². The van der Waals surface area contributed by atoms with Gasteiger partial charge < -0.3 is 4.90 Å². The summed E-state index contributed by atoms with van der Waals surface area (Å²) in [6, 6.07) is 4.23. The number of hydrogen-bond acceptors (Lipinski definition) is 1. The Morgan fingerprint density at radius 3 is 3.00 bits per heavy atom. The summed E-state index contributed by atoms with van der Waals surface area (Å²) in [6.45, 7) is 3.78. The van der Waals surface area contributed by atoms with E-state index in [2.05, 4.69) is 22.9 Å². The smallest absolute Gasteiger partial charge is 0.255 e. The third-order valence-electron chi connectivity index (χ3n) is 3.55. The van der Waals surface area contributed by atoms with Crippen LogP contribution in [0.3, 0.4) is 0 Å². The van der Waals surface area contributed by atoms with Gasteiger partial charge in [0.05, 0.1) is 5.56 Å². The molecule has 0 spiro atoms. The number of carbonyl (C=O) groups is 1. The number of hydrogen-bond donors (Lipinski definition) is 0. The van der Waals surface area contributed by atoms with Gasteiger partial charge in [-0.25, -0.2) is 4.39 Å². The van der Waals surface area contributed by atoms with E-state index in [1.807, 2.05) is 4.90 Å². The first-order valence-corrected chi connectivity index (χ1v) is 7.15. The molecule has 1 amide bonds. The molecule has 2 rings (SSSR count). The topological polar surface area (TPSA) is 20.3 Å². The predicted octanol–water partition coefficient (Wildman–Crippen LogP) is 3.85. The van der Waals surface area contributed by atoms with Crippen LogP contribution >= 0.6 is 15.9 Å². The van der Waals surface area contributed by atoms with E-state index in [0.717, 1.165) is 25.9 Å². The molecule has 1 aromatic carbocycles. The molecule has 98 valence electrons. The molecular formula is C14H17BrFNO. The summed E-state index contributed by atoms with van der Waals surface area (Å²) in [7, 11) is 0. The van der Waals surface area contributed by atoms with Crippen molar-refractivity contribution in [1.82, 2.24) is 4.90 Å². The average Bonchev–Trinajstić information content (AvgIpc) is 2.38. The third-order valence-corrected chi connectivity index (χ3v) is 4.20. The van der Waals surface area contributed by atoms with Crippen molar-refractivity contribution in [3.05, 3.63) is 34.1 Å². The van der Waals surface area contributed by atoms with E-state index in [9.17, 15) is 9.18 Å². The van der Waals surface area contributed by atoms with Gasteiger partial charge in [-0.15, -0.1) is 0 Å². The lowest BCUT2D eigenvalue weighted by molar-refractivity contribution is 0.0670. The minimum atomic E-state index is -0.330. The molecule has 1 aliphatic heterocycles. The minimum Gasteiger partial charge on any atom is -0.338 e. The first-order chi connectivity index (χ1) is 8.61. The zero-order valence-electron chi connectivity index (χ0n) is 10.5. The van der Waals surface area contributed by atoms with Crippen LogP contribution in [-0.2, 0) is 0 Å². The molecule has 0 aliphatic carbocycles. The number of likely N-dealkylation sites (tertiary alicyclic amines) is 1. The van der Waals surface area contributed by atoms with Crippen LogP contribution < -0.4 is 0 Å². The van der Waals surface area contributed by atoms with E-state index in [4.69, 9.17) is 0 Å². The van der Waals surface area contributed by atoms with Gasteiger partial charge in [0.2, 0.25) is 0 Å². The maximum Gasteiger partial charge on any atom is 0.255 e. The Bertz CT molecular complexity index is 449. The van der Waals surface area contributed by atoms with Gasteiger partial charge in [-0.05, 0) is 52.9 Å². The quantitative estimate of drug-likeness (QED) is 0.812. The van der Waals surface area contributed by atoms with Gasteiger partial charge in [0.25, 0.3) is 5.91 Å². The largest absolute Gasteiger partial charge is 0.338 e. The van der Waals surface area contributed by atoms with Gasteiger partial charge in [-0.1, -0.05) is 13.3 Å². The third kappa shape index (κ3) is 2.91. The molecule has 0 bridgehead atoms. The SMILES string of the molecule is CCC1CCCN(C(=O)c2ccc(F)cc2Br)C1. The lowest BCUT2D eigenvalue weighted by atomic mass is 9.95. The summed E-state index contributed by atoms with van der Waals surface area (Å²) in [5.74, 6) is 0.269. The fourth-order valence-electron chi connectivity index (χ4n) is 2.42. The highest BCUT2D eigenvalue weighted by molar-refractivity contribution is 9.10. The van der Waals surface area contributed by atoms with Crippen LogP contribution in [0.15, 0.2) is 22.7 Å². The van der Waals surface area contributed by atoms with Gasteiger partial charge in [0.1, 0.15) is 5.82 Å². The number of benzene rings is 1. The molecule has 1 aromatic rings. The lowest BCUT2D eigenvalue weighted by Gasteiger charge is -2.32. The molecule has 0 radical (unpaired) electrons. The van der Waals surface area contributed by atoms with Crippen molar-refractivity contribution in [3.8, 4) is 0 Å². The second kappa shape index (κ2) is 5.83. The van der Waals surface area contributed by atoms with Gasteiger partial charge in [-0.2, -0.15) is 0 Å². The first kappa shape index (κ1) is 13.5. The highest BCUT2D eigenvalue weighted by atomic mass is 79.9. The molecule has 2 nitrogen and oxygen atoms in total. The standard InChI is InChI=1S/C14H17BrFNO/c1-2-10-4-3-7-17(9-10)14(18)12-6-5-11(16)8-13(12)15/h5-6,8,10H,2-4,7,9H2,1H3. The van der Waals surface area contributed by atoms with Gasteiger partial charge in [-0.3, -0.25) is 4.79 Å². The summed E-state index contributed by atoms with van der Waals surface area (Å²) in [5, 5.41) is 0. The van der Waals surface area contributed by atoms with E-state index in [0.29, 0.717) is 16.0 Å². The molecule has 0 N–H and O–H groups in total. The van der Waals surface area contributed by atoms with Crippen LogP contribution in [0.1, 0.15) is 36.5 Å². The average molecular weight is 314 g/mol. The van der Waals surface area contributed by atoms with Crippen molar-refractivity contribution in [3.63, 3.8) is 0 Å². The maximum atomic E-state index is 13.0. The summed E-state index contributed by atoms with van der Waals surface area (Å²) >= 11 is 3.26. The van der Waals surface area contributed by atoms with E-state index in [1.165, 1.54) is 18.6 Å². The van der Waals surface area contributed by atoms with E-state index < -0.39 is 0 Å². The number of amides is 1. The van der Waals surface area contributed by atoms with Crippen molar-refractivity contribution >= 4 is 21.8 Å². The molecule has 4 heteroatoms. The number of nitrogens with zero attached hydrogens (tertiary/aromatic N) is 1. The first-order valence-electron chi connectivity index (χ1n) is 6.36.